The van der Waals surface area contributed by atoms with Crippen LogP contribution < -0.4 is 16.0 Å². The standard InChI is InChI=1S/C18H34N4O2.HI/c1-18(2,3)24-17(23)22-15-9-7-14(8-10-15)21-16(19-4)20-12-11-13-5-6-13;/h13-15H,5-12H2,1-4H3,(H,22,23)(H2,19,20,21);1H. The maximum Gasteiger partial charge on any atom is 0.407 e. The lowest BCUT2D eigenvalue weighted by Gasteiger charge is -2.31. The minimum atomic E-state index is -0.443. The number of rotatable bonds is 5. The fraction of sp³-hybridized carbons (Fsp3) is 0.889. The van der Waals surface area contributed by atoms with Crippen LogP contribution in [-0.4, -0.2) is 43.3 Å². The van der Waals surface area contributed by atoms with Crippen molar-refractivity contribution in [2.75, 3.05) is 13.6 Å². The zero-order valence-corrected chi connectivity index (χ0v) is 18.4. The number of guanidine groups is 1. The molecule has 0 spiro atoms. The number of hydrogen-bond acceptors (Lipinski definition) is 3. The van der Waals surface area contributed by atoms with Gasteiger partial charge in [-0.3, -0.25) is 4.99 Å². The number of amides is 1. The summed E-state index contributed by atoms with van der Waals surface area (Å²) >= 11 is 0. The van der Waals surface area contributed by atoms with Crippen molar-refractivity contribution in [3.05, 3.63) is 0 Å². The highest BCUT2D eigenvalue weighted by Gasteiger charge is 2.25. The first-order valence-corrected chi connectivity index (χ1v) is 9.32. The lowest BCUT2D eigenvalue weighted by molar-refractivity contribution is 0.0490. The van der Waals surface area contributed by atoms with E-state index in [9.17, 15) is 4.79 Å². The summed E-state index contributed by atoms with van der Waals surface area (Å²) in [5.74, 6) is 1.84. The van der Waals surface area contributed by atoms with Crippen LogP contribution in [0.2, 0.25) is 0 Å². The van der Waals surface area contributed by atoms with Crippen LogP contribution in [0.5, 0.6) is 0 Å². The highest BCUT2D eigenvalue weighted by molar-refractivity contribution is 14.0. The van der Waals surface area contributed by atoms with Gasteiger partial charge in [0.15, 0.2) is 5.96 Å². The summed E-state index contributed by atoms with van der Waals surface area (Å²) in [7, 11) is 1.82. The fourth-order valence-electron chi connectivity index (χ4n) is 3.05. The molecule has 0 bridgehead atoms. The molecule has 146 valence electrons. The van der Waals surface area contributed by atoms with Crippen LogP contribution in [0.3, 0.4) is 0 Å². The van der Waals surface area contributed by atoms with Crippen LogP contribution in [0.15, 0.2) is 4.99 Å². The molecule has 1 amide bonds. The van der Waals surface area contributed by atoms with E-state index in [1.165, 1.54) is 19.3 Å². The average molecular weight is 466 g/mol. The molecule has 0 radical (unpaired) electrons. The molecule has 2 fully saturated rings. The van der Waals surface area contributed by atoms with Crippen molar-refractivity contribution in [1.82, 2.24) is 16.0 Å². The van der Waals surface area contributed by atoms with E-state index in [1.54, 1.807) is 0 Å². The Bertz CT molecular complexity index is 439. The number of nitrogens with zero attached hydrogens (tertiary/aromatic N) is 1. The summed E-state index contributed by atoms with van der Waals surface area (Å²) in [4.78, 5) is 16.1. The monoisotopic (exact) mass is 466 g/mol. The Balaban J connectivity index is 0.00000312. The van der Waals surface area contributed by atoms with Gasteiger partial charge in [0.1, 0.15) is 5.60 Å². The van der Waals surface area contributed by atoms with E-state index in [4.69, 9.17) is 4.74 Å². The summed E-state index contributed by atoms with van der Waals surface area (Å²) in [6.07, 6.45) is 7.72. The molecule has 2 rings (SSSR count). The average Bonchev–Trinajstić information content (AvgIpc) is 3.30. The van der Waals surface area contributed by atoms with E-state index in [-0.39, 0.29) is 36.1 Å². The van der Waals surface area contributed by atoms with Crippen LogP contribution in [0.1, 0.15) is 65.7 Å². The molecule has 0 heterocycles. The Morgan fingerprint density at radius 2 is 1.60 bits per heavy atom. The topological polar surface area (TPSA) is 74.8 Å². The quantitative estimate of drug-likeness (QED) is 0.330. The fourth-order valence-corrected chi connectivity index (χ4v) is 3.05. The normalized spacial score (nSPS) is 24.1. The minimum absolute atomic E-state index is 0. The first-order valence-electron chi connectivity index (χ1n) is 9.32. The zero-order chi connectivity index (χ0) is 17.6. The molecule has 0 saturated heterocycles. The number of hydrogen-bond donors (Lipinski definition) is 3. The first kappa shape index (κ1) is 22.3. The Labute approximate surface area is 169 Å². The van der Waals surface area contributed by atoms with Gasteiger partial charge in [-0.05, 0) is 58.8 Å². The van der Waals surface area contributed by atoms with E-state index < -0.39 is 5.60 Å². The molecule has 0 unspecified atom stereocenters. The second kappa shape index (κ2) is 10.4. The maximum absolute atomic E-state index is 11.8. The molecule has 2 saturated carbocycles. The van der Waals surface area contributed by atoms with Crippen LogP contribution in [0.4, 0.5) is 4.79 Å². The van der Waals surface area contributed by atoms with Crippen molar-refractivity contribution in [2.45, 2.75) is 83.4 Å². The Kier molecular flexibility index (Phi) is 9.30. The van der Waals surface area contributed by atoms with Crippen molar-refractivity contribution in [1.29, 1.82) is 0 Å². The Morgan fingerprint density at radius 3 is 2.08 bits per heavy atom. The van der Waals surface area contributed by atoms with Crippen molar-refractivity contribution in [2.24, 2.45) is 10.9 Å². The highest BCUT2D eigenvalue weighted by atomic mass is 127. The van der Waals surface area contributed by atoms with Gasteiger partial charge in [0, 0.05) is 25.7 Å². The third-order valence-corrected chi connectivity index (χ3v) is 4.55. The van der Waals surface area contributed by atoms with Crippen molar-refractivity contribution >= 4 is 36.0 Å². The third kappa shape index (κ3) is 9.51. The van der Waals surface area contributed by atoms with Gasteiger partial charge < -0.3 is 20.7 Å². The minimum Gasteiger partial charge on any atom is -0.444 e. The molecule has 2 aliphatic rings. The third-order valence-electron chi connectivity index (χ3n) is 4.55. The number of aliphatic imine (C=N–C) groups is 1. The molecule has 6 nitrogen and oxygen atoms in total. The van der Waals surface area contributed by atoms with Crippen LogP contribution in [-0.2, 0) is 4.74 Å². The SMILES string of the molecule is CN=C(NCCC1CC1)NC1CCC(NC(=O)OC(C)(C)C)CC1.I. The number of carbonyl (C=O) groups excluding carboxylic acids is 1. The van der Waals surface area contributed by atoms with Gasteiger partial charge in [-0.1, -0.05) is 12.8 Å². The second-order valence-electron chi connectivity index (χ2n) is 8.07. The second-order valence-corrected chi connectivity index (χ2v) is 8.07. The van der Waals surface area contributed by atoms with Crippen LogP contribution in [0.25, 0.3) is 0 Å². The van der Waals surface area contributed by atoms with Gasteiger partial charge in [0.25, 0.3) is 0 Å². The molecule has 25 heavy (non-hydrogen) atoms. The van der Waals surface area contributed by atoms with E-state index in [2.05, 4.69) is 20.9 Å². The van der Waals surface area contributed by atoms with Gasteiger partial charge in [0.2, 0.25) is 0 Å². The number of halogens is 1. The van der Waals surface area contributed by atoms with E-state index in [0.717, 1.165) is 44.1 Å². The molecule has 0 aliphatic heterocycles. The van der Waals surface area contributed by atoms with Crippen molar-refractivity contribution in [3.8, 4) is 0 Å². The van der Waals surface area contributed by atoms with Crippen LogP contribution in [0, 0.1) is 5.92 Å². The van der Waals surface area contributed by atoms with E-state index in [0.29, 0.717) is 6.04 Å². The summed E-state index contributed by atoms with van der Waals surface area (Å²) in [5.41, 5.74) is -0.443. The van der Waals surface area contributed by atoms with Gasteiger partial charge in [-0.25, -0.2) is 4.79 Å². The maximum atomic E-state index is 11.8. The zero-order valence-electron chi connectivity index (χ0n) is 16.1. The van der Waals surface area contributed by atoms with Gasteiger partial charge in [-0.2, -0.15) is 0 Å². The van der Waals surface area contributed by atoms with Crippen LogP contribution >= 0.6 is 24.0 Å². The smallest absolute Gasteiger partial charge is 0.407 e. The predicted molar refractivity (Wildman–Crippen MR) is 113 cm³/mol. The van der Waals surface area contributed by atoms with Gasteiger partial charge in [0.05, 0.1) is 0 Å². The summed E-state index contributed by atoms with van der Waals surface area (Å²) in [6.45, 7) is 6.65. The number of carbonyl (C=O) groups is 1. The van der Waals surface area contributed by atoms with Crippen molar-refractivity contribution < 1.29 is 9.53 Å². The Morgan fingerprint density at radius 1 is 1.04 bits per heavy atom. The molecule has 0 aromatic heterocycles. The first-order chi connectivity index (χ1) is 11.4. The lowest BCUT2D eigenvalue weighted by atomic mass is 9.91. The molecule has 2 aliphatic carbocycles. The summed E-state index contributed by atoms with van der Waals surface area (Å²) < 4.78 is 5.32. The molecule has 7 heteroatoms. The molecular weight excluding hydrogens is 431 g/mol. The molecule has 0 aromatic rings. The van der Waals surface area contributed by atoms with Crippen molar-refractivity contribution in [3.63, 3.8) is 0 Å². The lowest BCUT2D eigenvalue weighted by Crippen LogP contribution is -2.48. The number of ether oxygens (including phenoxy) is 1. The molecule has 3 N–H and O–H groups in total. The molecule has 0 aromatic carbocycles. The molecular formula is C18H35IN4O2. The summed E-state index contributed by atoms with van der Waals surface area (Å²) in [6, 6.07) is 0.636. The van der Waals surface area contributed by atoms with Gasteiger partial charge in [-0.15, -0.1) is 24.0 Å². The molecule has 0 atom stereocenters. The van der Waals surface area contributed by atoms with E-state index >= 15 is 0 Å². The predicted octanol–water partition coefficient (Wildman–Crippen LogP) is 3.41. The van der Waals surface area contributed by atoms with Gasteiger partial charge >= 0.3 is 6.09 Å². The van der Waals surface area contributed by atoms with E-state index in [1.807, 2.05) is 27.8 Å². The number of nitrogens with one attached hydrogen (secondary N) is 3. The Hall–Kier alpha value is -0.730. The largest absolute Gasteiger partial charge is 0.444 e. The number of alkyl carbamates (subject to hydrolysis) is 1. The highest BCUT2D eigenvalue weighted by Crippen LogP contribution is 2.31. The summed E-state index contributed by atoms with van der Waals surface area (Å²) in [5, 5.41) is 9.90.